The molecule has 0 aromatic rings. The van der Waals surface area contributed by atoms with E-state index in [9.17, 15) is 4.80 Å². The second-order valence-electron chi connectivity index (χ2n) is 6.24. The number of rotatable bonds is 5. The van der Waals surface area contributed by atoms with Crippen LogP contribution in [0.1, 0.15) is 60.3 Å². The van der Waals surface area contributed by atoms with E-state index < -0.39 is 9.28 Å². The standard InChI is InChI=1S/C13H28NO2Si/c1-6-7-11-17(15)16-14-10-8-9-12(2,3)13(14,4)5/h15H,6-11H2,1-5H3. The van der Waals surface area contributed by atoms with Gasteiger partial charge < -0.3 is 9.32 Å². The number of hydrogen-bond acceptors (Lipinski definition) is 3. The van der Waals surface area contributed by atoms with E-state index in [1.54, 1.807) is 0 Å². The van der Waals surface area contributed by atoms with Crippen molar-refractivity contribution in [1.82, 2.24) is 5.06 Å². The van der Waals surface area contributed by atoms with Crippen molar-refractivity contribution in [1.29, 1.82) is 0 Å². The molecule has 1 fully saturated rings. The molecule has 1 saturated heterocycles. The van der Waals surface area contributed by atoms with Gasteiger partial charge in [-0.1, -0.05) is 33.6 Å². The van der Waals surface area contributed by atoms with Gasteiger partial charge >= 0.3 is 9.28 Å². The number of hydrogen-bond donors (Lipinski definition) is 1. The minimum Gasteiger partial charge on any atom is -0.409 e. The van der Waals surface area contributed by atoms with Gasteiger partial charge in [-0.25, -0.2) is 0 Å². The van der Waals surface area contributed by atoms with Crippen molar-refractivity contribution >= 4 is 9.28 Å². The molecule has 1 radical (unpaired) electrons. The molecule has 0 atom stereocenters. The summed E-state index contributed by atoms with van der Waals surface area (Å²) >= 11 is 0. The van der Waals surface area contributed by atoms with Crippen LogP contribution in [0.15, 0.2) is 0 Å². The van der Waals surface area contributed by atoms with Gasteiger partial charge in [-0.2, -0.15) is 5.06 Å². The van der Waals surface area contributed by atoms with Crippen LogP contribution in [0.4, 0.5) is 0 Å². The molecule has 0 aliphatic carbocycles. The van der Waals surface area contributed by atoms with Crippen LogP contribution in [-0.4, -0.2) is 31.2 Å². The van der Waals surface area contributed by atoms with Gasteiger partial charge in [0, 0.05) is 12.1 Å². The molecule has 1 aliphatic rings. The predicted octanol–water partition coefficient (Wildman–Crippen LogP) is 3.10. The van der Waals surface area contributed by atoms with Gasteiger partial charge in [0.15, 0.2) is 0 Å². The lowest BCUT2D eigenvalue weighted by molar-refractivity contribution is -0.205. The van der Waals surface area contributed by atoms with E-state index in [1.165, 1.54) is 6.42 Å². The van der Waals surface area contributed by atoms with E-state index in [-0.39, 0.29) is 11.0 Å². The first kappa shape index (κ1) is 15.2. The van der Waals surface area contributed by atoms with Crippen LogP contribution >= 0.6 is 0 Å². The zero-order chi connectivity index (χ0) is 13.1. The van der Waals surface area contributed by atoms with E-state index in [4.69, 9.17) is 4.53 Å². The normalized spacial score (nSPS) is 24.2. The Hall–Kier alpha value is 0.0969. The lowest BCUT2D eigenvalue weighted by Crippen LogP contribution is -2.58. The fourth-order valence-electron chi connectivity index (χ4n) is 2.25. The van der Waals surface area contributed by atoms with Crippen molar-refractivity contribution < 1.29 is 9.32 Å². The first-order chi connectivity index (χ1) is 7.81. The first-order valence-electron chi connectivity index (χ1n) is 6.81. The Morgan fingerprint density at radius 2 is 1.94 bits per heavy atom. The Bertz CT molecular complexity index is 244. The quantitative estimate of drug-likeness (QED) is 0.769. The zero-order valence-corrected chi connectivity index (χ0v) is 13.0. The highest BCUT2D eigenvalue weighted by Crippen LogP contribution is 2.43. The van der Waals surface area contributed by atoms with Crippen molar-refractivity contribution in [3.63, 3.8) is 0 Å². The fraction of sp³-hybridized carbons (Fsp3) is 1.00. The number of nitrogens with zero attached hydrogens (tertiary/aromatic N) is 1. The maximum Gasteiger partial charge on any atom is 0.401 e. The molecule has 4 heteroatoms. The topological polar surface area (TPSA) is 32.7 Å². The van der Waals surface area contributed by atoms with Crippen molar-refractivity contribution in [2.24, 2.45) is 5.41 Å². The maximum atomic E-state index is 9.97. The van der Waals surface area contributed by atoms with Crippen molar-refractivity contribution in [3.05, 3.63) is 0 Å². The average Bonchev–Trinajstić information content (AvgIpc) is 2.22. The Balaban J connectivity index is 2.57. The summed E-state index contributed by atoms with van der Waals surface area (Å²) in [6.07, 6.45) is 4.55. The summed E-state index contributed by atoms with van der Waals surface area (Å²) in [5, 5.41) is 2.04. The van der Waals surface area contributed by atoms with Gasteiger partial charge in [0.05, 0.1) is 0 Å². The van der Waals surface area contributed by atoms with Crippen molar-refractivity contribution in [2.45, 2.75) is 71.9 Å². The molecule has 1 heterocycles. The number of piperidine rings is 1. The lowest BCUT2D eigenvalue weighted by Gasteiger charge is -2.52. The Kier molecular flexibility index (Phi) is 5.19. The third kappa shape index (κ3) is 3.53. The van der Waals surface area contributed by atoms with Crippen LogP contribution < -0.4 is 0 Å². The van der Waals surface area contributed by atoms with Gasteiger partial charge in [-0.15, -0.1) is 0 Å². The van der Waals surface area contributed by atoms with E-state index in [1.807, 2.05) is 5.06 Å². The zero-order valence-electron chi connectivity index (χ0n) is 12.0. The molecule has 17 heavy (non-hydrogen) atoms. The number of hydroxylamine groups is 2. The molecule has 1 rings (SSSR count). The minimum absolute atomic E-state index is 0.00386. The molecular weight excluding hydrogens is 230 g/mol. The number of unbranched alkanes of at least 4 members (excludes halogenated alkanes) is 1. The second-order valence-corrected chi connectivity index (χ2v) is 7.71. The van der Waals surface area contributed by atoms with Gasteiger partial charge in [-0.3, -0.25) is 0 Å². The molecular formula is C13H28NO2Si. The highest BCUT2D eigenvalue weighted by atomic mass is 28.3. The van der Waals surface area contributed by atoms with Crippen LogP contribution in [0.3, 0.4) is 0 Å². The van der Waals surface area contributed by atoms with E-state index in [2.05, 4.69) is 34.6 Å². The monoisotopic (exact) mass is 258 g/mol. The van der Waals surface area contributed by atoms with Gasteiger partial charge in [0.2, 0.25) is 0 Å². The molecule has 0 aromatic carbocycles. The van der Waals surface area contributed by atoms with Crippen LogP contribution in [0.5, 0.6) is 0 Å². The maximum absolute atomic E-state index is 9.97. The molecule has 0 bridgehead atoms. The van der Waals surface area contributed by atoms with Crippen LogP contribution in [0, 0.1) is 5.41 Å². The molecule has 0 saturated carbocycles. The van der Waals surface area contributed by atoms with Crippen LogP contribution in [0.25, 0.3) is 0 Å². The summed E-state index contributed by atoms with van der Waals surface area (Å²) < 4.78 is 5.83. The van der Waals surface area contributed by atoms with Crippen molar-refractivity contribution in [2.75, 3.05) is 6.54 Å². The van der Waals surface area contributed by atoms with E-state index >= 15 is 0 Å². The smallest absolute Gasteiger partial charge is 0.401 e. The highest BCUT2D eigenvalue weighted by Gasteiger charge is 2.45. The Labute approximate surface area is 108 Å². The third-order valence-electron chi connectivity index (χ3n) is 4.40. The first-order valence-corrected chi connectivity index (χ1v) is 8.38. The fourth-order valence-corrected chi connectivity index (χ4v) is 3.57. The average molecular weight is 258 g/mol. The molecule has 0 amide bonds. The lowest BCUT2D eigenvalue weighted by atomic mass is 9.69. The highest BCUT2D eigenvalue weighted by molar-refractivity contribution is 6.42. The van der Waals surface area contributed by atoms with Crippen LogP contribution in [0.2, 0.25) is 6.04 Å². The molecule has 0 unspecified atom stereocenters. The van der Waals surface area contributed by atoms with Crippen LogP contribution in [-0.2, 0) is 4.53 Å². The molecule has 0 aromatic heterocycles. The summed E-state index contributed by atoms with van der Waals surface area (Å²) in [6.45, 7) is 12.1. The summed E-state index contributed by atoms with van der Waals surface area (Å²) in [7, 11) is -1.65. The minimum atomic E-state index is -1.65. The van der Waals surface area contributed by atoms with Gasteiger partial charge in [-0.05, 0) is 38.1 Å². The van der Waals surface area contributed by atoms with Gasteiger partial charge in [0.1, 0.15) is 0 Å². The molecule has 1 N–H and O–H groups in total. The molecule has 0 spiro atoms. The molecule has 1 aliphatic heterocycles. The molecule has 3 nitrogen and oxygen atoms in total. The predicted molar refractivity (Wildman–Crippen MR) is 72.6 cm³/mol. The summed E-state index contributed by atoms with van der Waals surface area (Å²) in [5.41, 5.74) is 0.230. The molecule has 101 valence electrons. The largest absolute Gasteiger partial charge is 0.409 e. The Morgan fingerprint density at radius 3 is 2.53 bits per heavy atom. The van der Waals surface area contributed by atoms with Crippen molar-refractivity contribution in [3.8, 4) is 0 Å². The van der Waals surface area contributed by atoms with E-state index in [0.29, 0.717) is 0 Å². The summed E-state index contributed by atoms with van der Waals surface area (Å²) in [4.78, 5) is 9.97. The summed E-state index contributed by atoms with van der Waals surface area (Å²) in [6, 6.07) is 0.828. The SMILES string of the molecule is CCCC[Si](O)ON1CCCC(C)(C)C1(C)C. The summed E-state index contributed by atoms with van der Waals surface area (Å²) in [5.74, 6) is 0. The van der Waals surface area contributed by atoms with Gasteiger partial charge in [0.25, 0.3) is 0 Å². The Morgan fingerprint density at radius 1 is 1.29 bits per heavy atom. The van der Waals surface area contributed by atoms with E-state index in [0.717, 1.165) is 31.9 Å². The second kappa shape index (κ2) is 5.82. The third-order valence-corrected chi connectivity index (χ3v) is 5.61.